The van der Waals surface area contributed by atoms with E-state index in [1.54, 1.807) is 6.07 Å². The molecule has 0 aliphatic carbocycles. The molecule has 1 fully saturated rings. The second-order valence-electron chi connectivity index (χ2n) is 7.41. The first-order chi connectivity index (χ1) is 14.8. The average molecular weight is 461 g/mol. The Hall–Kier alpha value is -2.68. The largest absolute Gasteiger partial charge is 0.451 e. The SMILES string of the molecule is O=C(Nc1ccc(S(=O)(=O)N2CCCCCC2)cc1)c1cc(=O)c2cc(Cl)ccc2o1. The van der Waals surface area contributed by atoms with Crippen molar-refractivity contribution in [3.05, 3.63) is 69.5 Å². The summed E-state index contributed by atoms with van der Waals surface area (Å²) in [6, 6.07) is 11.6. The number of nitrogens with one attached hydrogen (secondary N) is 1. The lowest BCUT2D eigenvalue weighted by atomic mass is 10.2. The summed E-state index contributed by atoms with van der Waals surface area (Å²) in [6.45, 7) is 1.04. The number of fused-ring (bicyclic) bond motifs is 1. The number of hydrogen-bond donors (Lipinski definition) is 1. The number of benzene rings is 2. The Balaban J connectivity index is 1.52. The third kappa shape index (κ3) is 4.66. The van der Waals surface area contributed by atoms with Crippen molar-refractivity contribution in [2.24, 2.45) is 0 Å². The van der Waals surface area contributed by atoms with E-state index < -0.39 is 15.9 Å². The number of amides is 1. The van der Waals surface area contributed by atoms with E-state index in [-0.39, 0.29) is 27.1 Å². The average Bonchev–Trinajstić information content (AvgIpc) is 3.05. The molecule has 31 heavy (non-hydrogen) atoms. The molecule has 1 aromatic heterocycles. The van der Waals surface area contributed by atoms with Gasteiger partial charge >= 0.3 is 0 Å². The Bertz CT molecular complexity index is 1280. The molecule has 9 heteroatoms. The van der Waals surface area contributed by atoms with Crippen LogP contribution in [0.25, 0.3) is 11.0 Å². The molecule has 1 aliphatic heterocycles. The summed E-state index contributed by atoms with van der Waals surface area (Å²) >= 11 is 5.90. The molecule has 1 aliphatic rings. The molecule has 0 radical (unpaired) electrons. The van der Waals surface area contributed by atoms with Gasteiger partial charge in [0.1, 0.15) is 5.58 Å². The smallest absolute Gasteiger partial charge is 0.291 e. The highest BCUT2D eigenvalue weighted by atomic mass is 35.5. The molecule has 162 valence electrons. The molecule has 2 heterocycles. The van der Waals surface area contributed by atoms with Crippen LogP contribution in [0.2, 0.25) is 5.02 Å². The predicted molar refractivity (Wildman–Crippen MR) is 119 cm³/mol. The van der Waals surface area contributed by atoms with Crippen LogP contribution in [0.4, 0.5) is 5.69 Å². The van der Waals surface area contributed by atoms with Gasteiger partial charge in [-0.3, -0.25) is 9.59 Å². The Labute approximate surface area is 184 Å². The normalized spacial score (nSPS) is 15.5. The van der Waals surface area contributed by atoms with Gasteiger partial charge in [-0.05, 0) is 55.3 Å². The Morgan fingerprint density at radius 2 is 1.65 bits per heavy atom. The molecule has 0 unspecified atom stereocenters. The van der Waals surface area contributed by atoms with Crippen LogP contribution in [0.3, 0.4) is 0 Å². The van der Waals surface area contributed by atoms with Gasteiger partial charge in [-0.2, -0.15) is 4.31 Å². The number of carbonyl (C=O) groups is 1. The van der Waals surface area contributed by atoms with Crippen molar-refractivity contribution in [1.29, 1.82) is 0 Å². The van der Waals surface area contributed by atoms with Crippen LogP contribution in [-0.2, 0) is 10.0 Å². The van der Waals surface area contributed by atoms with Gasteiger partial charge in [0.2, 0.25) is 10.0 Å². The highest BCUT2D eigenvalue weighted by Gasteiger charge is 2.25. The lowest BCUT2D eigenvalue weighted by molar-refractivity contribution is 0.0997. The fraction of sp³-hybridized carbons (Fsp3) is 0.273. The lowest BCUT2D eigenvalue weighted by Crippen LogP contribution is -2.31. The zero-order valence-corrected chi connectivity index (χ0v) is 18.2. The first-order valence-corrected chi connectivity index (χ1v) is 11.8. The molecule has 1 saturated heterocycles. The van der Waals surface area contributed by atoms with Gasteiger partial charge < -0.3 is 9.73 Å². The molecule has 0 spiro atoms. The molecule has 3 aromatic rings. The third-order valence-corrected chi connectivity index (χ3v) is 7.38. The first-order valence-electron chi connectivity index (χ1n) is 9.99. The quantitative estimate of drug-likeness (QED) is 0.627. The number of anilines is 1. The molecule has 1 amide bonds. The number of carbonyl (C=O) groups excluding carboxylic acids is 1. The topological polar surface area (TPSA) is 96.7 Å². The van der Waals surface area contributed by atoms with Gasteiger partial charge in [-0.1, -0.05) is 24.4 Å². The highest BCUT2D eigenvalue weighted by Crippen LogP contribution is 2.23. The molecule has 0 atom stereocenters. The van der Waals surface area contributed by atoms with E-state index >= 15 is 0 Å². The van der Waals surface area contributed by atoms with Crippen molar-refractivity contribution >= 4 is 44.2 Å². The fourth-order valence-corrected chi connectivity index (χ4v) is 5.26. The standard InChI is InChI=1S/C22H21ClN2O5S/c23-15-5-10-20-18(13-15)19(26)14-21(30-20)22(27)24-16-6-8-17(9-7-16)31(28,29)25-11-3-1-2-4-12-25/h5-10,13-14H,1-4,11-12H2,(H,24,27). The Kier molecular flexibility index (Phi) is 6.13. The molecule has 1 N–H and O–H groups in total. The molecule has 2 aromatic carbocycles. The van der Waals surface area contributed by atoms with Crippen LogP contribution in [0.1, 0.15) is 36.2 Å². The van der Waals surface area contributed by atoms with Gasteiger partial charge in [0.15, 0.2) is 11.2 Å². The number of rotatable bonds is 4. The van der Waals surface area contributed by atoms with Crippen LogP contribution >= 0.6 is 11.6 Å². The van der Waals surface area contributed by atoms with Crippen molar-refractivity contribution in [2.45, 2.75) is 30.6 Å². The maximum atomic E-state index is 12.9. The van der Waals surface area contributed by atoms with E-state index in [1.165, 1.54) is 40.7 Å². The molecular weight excluding hydrogens is 440 g/mol. The van der Waals surface area contributed by atoms with Crippen LogP contribution in [-0.4, -0.2) is 31.7 Å². The molecule has 0 bridgehead atoms. The number of nitrogens with zero attached hydrogens (tertiary/aromatic N) is 1. The Morgan fingerprint density at radius 1 is 0.968 bits per heavy atom. The summed E-state index contributed by atoms with van der Waals surface area (Å²) in [7, 11) is -3.57. The van der Waals surface area contributed by atoms with E-state index in [0.29, 0.717) is 23.8 Å². The van der Waals surface area contributed by atoms with Gasteiger partial charge in [0, 0.05) is 29.9 Å². The molecular formula is C22H21ClN2O5S. The zero-order valence-electron chi connectivity index (χ0n) is 16.6. The summed E-state index contributed by atoms with van der Waals surface area (Å²) in [5.74, 6) is -0.766. The van der Waals surface area contributed by atoms with Gasteiger partial charge in [0.05, 0.1) is 10.3 Å². The molecule has 4 rings (SSSR count). The minimum Gasteiger partial charge on any atom is -0.451 e. The molecule has 0 saturated carbocycles. The second kappa shape index (κ2) is 8.82. The summed E-state index contributed by atoms with van der Waals surface area (Å²) < 4.78 is 32.8. The van der Waals surface area contributed by atoms with E-state index in [2.05, 4.69) is 5.32 Å². The van der Waals surface area contributed by atoms with Crippen molar-refractivity contribution in [3.8, 4) is 0 Å². The molecule has 7 nitrogen and oxygen atoms in total. The first kappa shape index (κ1) is 21.5. The van der Waals surface area contributed by atoms with Crippen molar-refractivity contribution in [2.75, 3.05) is 18.4 Å². The van der Waals surface area contributed by atoms with Crippen molar-refractivity contribution in [1.82, 2.24) is 4.31 Å². The summed E-state index contributed by atoms with van der Waals surface area (Å²) in [4.78, 5) is 25.0. The van der Waals surface area contributed by atoms with Gasteiger partial charge in [-0.25, -0.2) is 8.42 Å². The van der Waals surface area contributed by atoms with Gasteiger partial charge in [0.25, 0.3) is 5.91 Å². The van der Waals surface area contributed by atoms with Crippen molar-refractivity contribution in [3.63, 3.8) is 0 Å². The van der Waals surface area contributed by atoms with E-state index in [0.717, 1.165) is 31.7 Å². The van der Waals surface area contributed by atoms with Crippen LogP contribution in [0.15, 0.2) is 62.6 Å². The number of hydrogen-bond acceptors (Lipinski definition) is 5. The van der Waals surface area contributed by atoms with E-state index in [9.17, 15) is 18.0 Å². The highest BCUT2D eigenvalue weighted by molar-refractivity contribution is 7.89. The minimum atomic E-state index is -3.57. The summed E-state index contributed by atoms with van der Waals surface area (Å²) in [5, 5.41) is 3.30. The third-order valence-electron chi connectivity index (χ3n) is 5.23. The predicted octanol–water partition coefficient (Wildman–Crippen LogP) is 4.26. The fourth-order valence-electron chi connectivity index (χ4n) is 3.57. The van der Waals surface area contributed by atoms with E-state index in [1.807, 2.05) is 0 Å². The summed E-state index contributed by atoms with van der Waals surface area (Å²) in [5.41, 5.74) is 0.257. The maximum absolute atomic E-state index is 12.9. The number of sulfonamides is 1. The van der Waals surface area contributed by atoms with Crippen LogP contribution < -0.4 is 10.7 Å². The number of halogens is 1. The Morgan fingerprint density at radius 3 is 2.32 bits per heavy atom. The van der Waals surface area contributed by atoms with Crippen LogP contribution in [0, 0.1) is 0 Å². The second-order valence-corrected chi connectivity index (χ2v) is 9.79. The van der Waals surface area contributed by atoms with Gasteiger partial charge in [-0.15, -0.1) is 0 Å². The van der Waals surface area contributed by atoms with Crippen LogP contribution in [0.5, 0.6) is 0 Å². The monoisotopic (exact) mass is 460 g/mol. The maximum Gasteiger partial charge on any atom is 0.291 e. The lowest BCUT2D eigenvalue weighted by Gasteiger charge is -2.20. The minimum absolute atomic E-state index is 0.152. The summed E-state index contributed by atoms with van der Waals surface area (Å²) in [6.07, 6.45) is 3.79. The van der Waals surface area contributed by atoms with E-state index in [4.69, 9.17) is 16.0 Å². The zero-order chi connectivity index (χ0) is 22.0. The van der Waals surface area contributed by atoms with Crippen molar-refractivity contribution < 1.29 is 17.6 Å².